The first-order valence-corrected chi connectivity index (χ1v) is 12.3. The number of aromatic nitrogens is 1. The van der Waals surface area contributed by atoms with Crippen LogP contribution < -0.4 is 15.8 Å². The summed E-state index contributed by atoms with van der Waals surface area (Å²) >= 11 is 0. The van der Waals surface area contributed by atoms with Gasteiger partial charge in [0, 0.05) is 24.7 Å². The zero-order valence-electron chi connectivity index (χ0n) is 21.0. The molecule has 2 aromatic rings. The van der Waals surface area contributed by atoms with Gasteiger partial charge in [-0.2, -0.15) is 0 Å². The lowest BCUT2D eigenvalue weighted by atomic mass is 9.89. The minimum absolute atomic E-state index is 0.130. The molecule has 0 saturated heterocycles. The van der Waals surface area contributed by atoms with Gasteiger partial charge in [-0.1, -0.05) is 12.1 Å². The van der Waals surface area contributed by atoms with E-state index < -0.39 is 29.0 Å². The smallest absolute Gasteiger partial charge is 0.232 e. The third-order valence-corrected chi connectivity index (χ3v) is 7.16. The van der Waals surface area contributed by atoms with Crippen molar-refractivity contribution in [2.24, 2.45) is 22.6 Å². The predicted octanol–water partition coefficient (Wildman–Crippen LogP) is 3.64. The van der Waals surface area contributed by atoms with Crippen molar-refractivity contribution in [3.63, 3.8) is 0 Å². The van der Waals surface area contributed by atoms with Gasteiger partial charge in [-0.05, 0) is 63.8 Å². The van der Waals surface area contributed by atoms with Gasteiger partial charge in [-0.25, -0.2) is 9.38 Å². The Morgan fingerprint density at radius 2 is 2.03 bits per heavy atom. The van der Waals surface area contributed by atoms with Crippen LogP contribution in [0.5, 0.6) is 5.75 Å². The summed E-state index contributed by atoms with van der Waals surface area (Å²) in [6.07, 6.45) is 4.60. The lowest BCUT2D eigenvalue weighted by molar-refractivity contribution is -0.132. The summed E-state index contributed by atoms with van der Waals surface area (Å²) in [7, 11) is 0. The zero-order chi connectivity index (χ0) is 25.8. The standard InChI is InChI=1S/C27H32FN5O3/c1-26(2)13-21(34)33(25(29)32-26)23(15-7-6-10-30-14-15)16-11-17(16)24(35)31-19-12-27(3,4)36-20-9-5-8-18(28)22(19)20/h5-10,14,16-17,19,23H,11-13H2,1-4H3,(H2,29,32)(H,31,35). The van der Waals surface area contributed by atoms with Crippen LogP contribution in [-0.2, 0) is 9.59 Å². The number of hydrogen-bond donors (Lipinski definition) is 2. The van der Waals surface area contributed by atoms with Crippen molar-refractivity contribution in [1.29, 1.82) is 0 Å². The second-order valence-corrected chi connectivity index (χ2v) is 11.2. The van der Waals surface area contributed by atoms with Crippen LogP contribution in [0.3, 0.4) is 0 Å². The molecular weight excluding hydrogens is 461 g/mol. The number of carbonyl (C=O) groups is 2. The van der Waals surface area contributed by atoms with Crippen molar-refractivity contribution in [2.75, 3.05) is 0 Å². The molecule has 190 valence electrons. The first-order valence-electron chi connectivity index (χ1n) is 12.3. The quantitative estimate of drug-likeness (QED) is 0.661. The maximum atomic E-state index is 14.7. The summed E-state index contributed by atoms with van der Waals surface area (Å²) in [6.45, 7) is 7.58. The van der Waals surface area contributed by atoms with Crippen LogP contribution in [0.4, 0.5) is 4.39 Å². The SMILES string of the molecule is CC1(C)CC(=O)N(C(c2cccnc2)C2CC2C(=O)NC2CC(C)(C)Oc3cccc(F)c32)C(N)=N1. The number of benzene rings is 1. The number of carbonyl (C=O) groups excluding carboxylic acids is 2. The molecule has 5 rings (SSSR count). The molecule has 1 fully saturated rings. The third-order valence-electron chi connectivity index (χ3n) is 7.16. The van der Waals surface area contributed by atoms with Crippen molar-refractivity contribution in [3.05, 3.63) is 59.7 Å². The number of pyridine rings is 1. The number of nitrogens with one attached hydrogen (secondary N) is 1. The highest BCUT2D eigenvalue weighted by molar-refractivity contribution is 5.99. The van der Waals surface area contributed by atoms with Gasteiger partial charge in [0.25, 0.3) is 0 Å². The molecule has 36 heavy (non-hydrogen) atoms. The minimum Gasteiger partial charge on any atom is -0.487 e. The molecule has 2 amide bonds. The number of amides is 2. The van der Waals surface area contributed by atoms with Crippen LogP contribution >= 0.6 is 0 Å². The van der Waals surface area contributed by atoms with E-state index in [0.717, 1.165) is 5.56 Å². The number of aliphatic imine (C=N–C) groups is 1. The molecular formula is C27H32FN5O3. The van der Waals surface area contributed by atoms with Crippen LogP contribution in [0.2, 0.25) is 0 Å². The number of halogens is 1. The fraction of sp³-hybridized carbons (Fsp3) is 0.481. The maximum absolute atomic E-state index is 14.7. The molecule has 1 aliphatic carbocycles. The van der Waals surface area contributed by atoms with Gasteiger partial charge in [0.05, 0.1) is 29.6 Å². The Labute approximate surface area is 210 Å². The second kappa shape index (κ2) is 8.57. The van der Waals surface area contributed by atoms with Crippen LogP contribution in [0.15, 0.2) is 47.7 Å². The Hall–Kier alpha value is -3.49. The Kier molecular flexibility index (Phi) is 5.76. The molecule has 4 atom stereocenters. The van der Waals surface area contributed by atoms with E-state index in [1.165, 1.54) is 11.0 Å². The van der Waals surface area contributed by atoms with Gasteiger partial charge < -0.3 is 15.8 Å². The van der Waals surface area contributed by atoms with Gasteiger partial charge in [-0.15, -0.1) is 0 Å². The molecule has 1 saturated carbocycles. The molecule has 4 unspecified atom stereocenters. The molecule has 0 bridgehead atoms. The van der Waals surface area contributed by atoms with E-state index in [9.17, 15) is 14.0 Å². The van der Waals surface area contributed by atoms with Gasteiger partial charge in [0.1, 0.15) is 17.2 Å². The van der Waals surface area contributed by atoms with Gasteiger partial charge in [0.15, 0.2) is 5.96 Å². The van der Waals surface area contributed by atoms with Gasteiger partial charge >= 0.3 is 0 Å². The minimum atomic E-state index is -0.579. The Morgan fingerprint density at radius 1 is 1.25 bits per heavy atom. The summed E-state index contributed by atoms with van der Waals surface area (Å²) < 4.78 is 20.7. The topological polar surface area (TPSA) is 110 Å². The van der Waals surface area contributed by atoms with E-state index in [2.05, 4.69) is 15.3 Å². The molecule has 3 heterocycles. The van der Waals surface area contributed by atoms with Crippen LogP contribution in [-0.4, -0.2) is 38.8 Å². The number of ether oxygens (including phenoxy) is 1. The second-order valence-electron chi connectivity index (χ2n) is 11.2. The van der Waals surface area contributed by atoms with Crippen LogP contribution in [0.25, 0.3) is 0 Å². The molecule has 1 aromatic heterocycles. The zero-order valence-corrected chi connectivity index (χ0v) is 21.0. The van der Waals surface area contributed by atoms with E-state index in [4.69, 9.17) is 10.5 Å². The third kappa shape index (κ3) is 4.54. The molecule has 2 aliphatic heterocycles. The number of fused-ring (bicyclic) bond motifs is 1. The summed E-state index contributed by atoms with van der Waals surface area (Å²) in [6, 6.07) is 7.42. The molecule has 8 nitrogen and oxygen atoms in total. The van der Waals surface area contributed by atoms with Crippen molar-refractivity contribution in [2.45, 2.75) is 70.2 Å². The molecule has 3 N–H and O–H groups in total. The molecule has 3 aliphatic rings. The fourth-order valence-corrected chi connectivity index (χ4v) is 5.57. The molecule has 0 radical (unpaired) electrons. The van der Waals surface area contributed by atoms with E-state index in [1.54, 1.807) is 30.6 Å². The Morgan fingerprint density at radius 3 is 2.72 bits per heavy atom. The largest absolute Gasteiger partial charge is 0.487 e. The van der Waals surface area contributed by atoms with E-state index in [-0.39, 0.29) is 36.0 Å². The van der Waals surface area contributed by atoms with Crippen LogP contribution in [0, 0.1) is 17.7 Å². The lowest BCUT2D eigenvalue weighted by Crippen LogP contribution is -2.52. The number of hydrogen-bond acceptors (Lipinski definition) is 6. The van der Waals surface area contributed by atoms with Gasteiger partial charge in [-0.3, -0.25) is 19.5 Å². The Balaban J connectivity index is 1.40. The summed E-state index contributed by atoms with van der Waals surface area (Å²) in [5, 5.41) is 3.07. The summed E-state index contributed by atoms with van der Waals surface area (Å²) in [4.78, 5) is 36.9. The highest BCUT2D eigenvalue weighted by atomic mass is 19.1. The van der Waals surface area contributed by atoms with E-state index >= 15 is 0 Å². The van der Waals surface area contributed by atoms with Crippen LogP contribution in [0.1, 0.15) is 70.2 Å². The number of guanidine groups is 1. The van der Waals surface area contributed by atoms with Crippen molar-refractivity contribution < 1.29 is 18.7 Å². The normalized spacial score (nSPS) is 26.8. The van der Waals surface area contributed by atoms with Crippen molar-refractivity contribution in [1.82, 2.24) is 15.2 Å². The average molecular weight is 494 g/mol. The number of nitrogens with two attached hydrogens (primary N) is 1. The fourth-order valence-electron chi connectivity index (χ4n) is 5.57. The predicted molar refractivity (Wildman–Crippen MR) is 132 cm³/mol. The average Bonchev–Trinajstić information content (AvgIpc) is 3.55. The highest BCUT2D eigenvalue weighted by Gasteiger charge is 2.53. The first-order chi connectivity index (χ1) is 17.0. The summed E-state index contributed by atoms with van der Waals surface area (Å²) in [5.74, 6) is -0.631. The highest BCUT2D eigenvalue weighted by Crippen LogP contribution is 2.51. The van der Waals surface area contributed by atoms with Crippen molar-refractivity contribution >= 4 is 17.8 Å². The van der Waals surface area contributed by atoms with E-state index in [0.29, 0.717) is 24.2 Å². The summed E-state index contributed by atoms with van der Waals surface area (Å²) in [5.41, 5.74) is 6.33. The van der Waals surface area contributed by atoms with Crippen molar-refractivity contribution in [3.8, 4) is 5.75 Å². The maximum Gasteiger partial charge on any atom is 0.232 e. The monoisotopic (exact) mass is 493 g/mol. The molecule has 9 heteroatoms. The molecule has 0 spiro atoms. The Bertz CT molecular complexity index is 1230. The van der Waals surface area contributed by atoms with Gasteiger partial charge in [0.2, 0.25) is 11.8 Å². The number of rotatable bonds is 5. The first kappa shape index (κ1) is 24.2. The number of nitrogens with zero attached hydrogens (tertiary/aromatic N) is 3. The molecule has 1 aromatic carbocycles. The lowest BCUT2D eigenvalue weighted by Gasteiger charge is -2.38. The van der Waals surface area contributed by atoms with E-state index in [1.807, 2.05) is 33.8 Å².